The Kier molecular flexibility index (Phi) is 4.62. The van der Waals surface area contributed by atoms with E-state index in [0.29, 0.717) is 6.61 Å². The van der Waals surface area contributed by atoms with Gasteiger partial charge in [-0.25, -0.2) is 4.79 Å². The molecule has 108 valence electrons. The Labute approximate surface area is 114 Å². The molecule has 6 nitrogen and oxygen atoms in total. The molecule has 1 aliphatic heterocycles. The van der Waals surface area contributed by atoms with Crippen LogP contribution >= 0.6 is 0 Å². The lowest BCUT2D eigenvalue weighted by Crippen LogP contribution is -2.26. The van der Waals surface area contributed by atoms with Crippen LogP contribution in [-0.2, 0) is 9.47 Å². The van der Waals surface area contributed by atoms with E-state index in [9.17, 15) is 19.3 Å². The van der Waals surface area contributed by atoms with E-state index in [1.54, 1.807) is 0 Å². The van der Waals surface area contributed by atoms with Gasteiger partial charge in [-0.3, -0.25) is 10.1 Å². The second kappa shape index (κ2) is 6.42. The van der Waals surface area contributed by atoms with Crippen LogP contribution < -0.4 is 0 Å². The number of ether oxygens (including phenoxy) is 2. The topological polar surface area (TPSA) is 78.7 Å². The van der Waals surface area contributed by atoms with Crippen molar-refractivity contribution in [1.29, 1.82) is 0 Å². The van der Waals surface area contributed by atoms with Crippen LogP contribution in [0.15, 0.2) is 18.2 Å². The first-order valence-corrected chi connectivity index (χ1v) is 6.30. The number of nitro groups is 1. The first-order valence-electron chi connectivity index (χ1n) is 6.30. The van der Waals surface area contributed by atoms with Crippen molar-refractivity contribution in [3.63, 3.8) is 0 Å². The molecule has 1 fully saturated rings. The van der Waals surface area contributed by atoms with Crippen molar-refractivity contribution < 1.29 is 23.6 Å². The summed E-state index contributed by atoms with van der Waals surface area (Å²) >= 11 is 0. The van der Waals surface area contributed by atoms with E-state index in [4.69, 9.17) is 9.47 Å². The zero-order valence-corrected chi connectivity index (χ0v) is 10.7. The largest absolute Gasteiger partial charge is 0.459 e. The van der Waals surface area contributed by atoms with Crippen LogP contribution in [0.5, 0.6) is 0 Å². The standard InChI is InChI=1S/C13H14FNO5/c14-11-7-9(4-5-12(11)15(17)18)13(16)20-8-10-3-1-2-6-19-10/h4-5,7,10H,1-3,6,8H2. The average Bonchev–Trinajstić information content (AvgIpc) is 2.45. The number of benzene rings is 1. The first kappa shape index (κ1) is 14.4. The van der Waals surface area contributed by atoms with E-state index >= 15 is 0 Å². The molecule has 1 heterocycles. The third-order valence-electron chi connectivity index (χ3n) is 3.05. The molecule has 1 atom stereocenters. The van der Waals surface area contributed by atoms with Gasteiger partial charge in [-0.15, -0.1) is 0 Å². The zero-order valence-electron chi connectivity index (χ0n) is 10.7. The second-order valence-electron chi connectivity index (χ2n) is 4.51. The molecule has 0 spiro atoms. The summed E-state index contributed by atoms with van der Waals surface area (Å²) in [5, 5.41) is 10.5. The zero-order chi connectivity index (χ0) is 14.5. The number of hydrogen-bond donors (Lipinski definition) is 0. The van der Waals surface area contributed by atoms with Crippen LogP contribution in [0, 0.1) is 15.9 Å². The van der Waals surface area contributed by atoms with Gasteiger partial charge in [-0.05, 0) is 31.4 Å². The number of esters is 1. The van der Waals surface area contributed by atoms with E-state index in [-0.39, 0.29) is 18.3 Å². The molecule has 0 saturated carbocycles. The molecule has 0 amide bonds. The third kappa shape index (κ3) is 3.51. The van der Waals surface area contributed by atoms with Crippen molar-refractivity contribution in [2.45, 2.75) is 25.4 Å². The van der Waals surface area contributed by atoms with Crippen molar-refractivity contribution in [2.75, 3.05) is 13.2 Å². The van der Waals surface area contributed by atoms with Gasteiger partial charge in [0.1, 0.15) is 6.61 Å². The molecule has 1 aliphatic rings. The SMILES string of the molecule is O=C(OCC1CCCCO1)c1ccc([N+](=O)[O-])c(F)c1. The lowest BCUT2D eigenvalue weighted by Gasteiger charge is -2.22. The van der Waals surface area contributed by atoms with Crippen molar-refractivity contribution in [2.24, 2.45) is 0 Å². The van der Waals surface area contributed by atoms with Gasteiger partial charge in [0.2, 0.25) is 5.82 Å². The lowest BCUT2D eigenvalue weighted by atomic mass is 10.1. The van der Waals surface area contributed by atoms with Crippen molar-refractivity contribution in [1.82, 2.24) is 0 Å². The van der Waals surface area contributed by atoms with E-state index in [2.05, 4.69) is 0 Å². The smallest absolute Gasteiger partial charge is 0.338 e. The Morgan fingerprint density at radius 2 is 2.30 bits per heavy atom. The predicted molar refractivity (Wildman–Crippen MR) is 66.9 cm³/mol. The van der Waals surface area contributed by atoms with Crippen molar-refractivity contribution in [3.05, 3.63) is 39.7 Å². The van der Waals surface area contributed by atoms with Crippen LogP contribution in [0.1, 0.15) is 29.6 Å². The van der Waals surface area contributed by atoms with Gasteiger partial charge in [0, 0.05) is 12.7 Å². The highest BCUT2D eigenvalue weighted by Crippen LogP contribution is 2.19. The Morgan fingerprint density at radius 3 is 2.90 bits per heavy atom. The molecular formula is C13H14FNO5. The Hall–Kier alpha value is -2.02. The van der Waals surface area contributed by atoms with Crippen LogP contribution in [0.4, 0.5) is 10.1 Å². The van der Waals surface area contributed by atoms with Crippen LogP contribution in [-0.4, -0.2) is 30.2 Å². The molecule has 0 radical (unpaired) electrons. The number of halogens is 1. The maximum absolute atomic E-state index is 13.4. The highest BCUT2D eigenvalue weighted by molar-refractivity contribution is 5.89. The number of hydrogen-bond acceptors (Lipinski definition) is 5. The fourth-order valence-corrected chi connectivity index (χ4v) is 1.97. The molecule has 1 saturated heterocycles. The molecule has 7 heteroatoms. The monoisotopic (exact) mass is 283 g/mol. The van der Waals surface area contributed by atoms with Crippen LogP contribution in [0.2, 0.25) is 0 Å². The Morgan fingerprint density at radius 1 is 1.50 bits per heavy atom. The molecule has 1 aromatic rings. The third-order valence-corrected chi connectivity index (χ3v) is 3.05. The maximum Gasteiger partial charge on any atom is 0.338 e. The van der Waals surface area contributed by atoms with Crippen molar-refractivity contribution >= 4 is 11.7 Å². The minimum Gasteiger partial charge on any atom is -0.459 e. The Balaban J connectivity index is 1.95. The molecule has 0 N–H and O–H groups in total. The highest BCUT2D eigenvalue weighted by atomic mass is 19.1. The molecule has 1 unspecified atom stereocenters. The van der Waals surface area contributed by atoms with Crippen molar-refractivity contribution in [3.8, 4) is 0 Å². The first-order chi connectivity index (χ1) is 9.58. The molecule has 2 rings (SSSR count). The van der Waals surface area contributed by atoms with E-state index in [1.807, 2.05) is 0 Å². The molecule has 0 aliphatic carbocycles. The summed E-state index contributed by atoms with van der Waals surface area (Å²) in [4.78, 5) is 21.3. The Bertz CT molecular complexity index is 513. The lowest BCUT2D eigenvalue weighted by molar-refractivity contribution is -0.387. The summed E-state index contributed by atoms with van der Waals surface area (Å²) in [5.74, 6) is -1.77. The average molecular weight is 283 g/mol. The fourth-order valence-electron chi connectivity index (χ4n) is 1.97. The van der Waals surface area contributed by atoms with Gasteiger partial charge < -0.3 is 9.47 Å². The number of rotatable bonds is 4. The predicted octanol–water partition coefficient (Wildman–Crippen LogP) is 2.46. The summed E-state index contributed by atoms with van der Waals surface area (Å²) in [6, 6.07) is 2.93. The minimum absolute atomic E-state index is 0.0519. The summed E-state index contributed by atoms with van der Waals surface area (Å²) in [7, 11) is 0. The van der Waals surface area contributed by atoms with E-state index in [0.717, 1.165) is 31.4 Å². The molecule has 20 heavy (non-hydrogen) atoms. The summed E-state index contributed by atoms with van der Waals surface area (Å²) < 4.78 is 23.8. The number of carbonyl (C=O) groups is 1. The van der Waals surface area contributed by atoms with E-state index < -0.39 is 22.4 Å². The normalized spacial score (nSPS) is 18.6. The van der Waals surface area contributed by atoms with Gasteiger partial charge in [0.05, 0.1) is 16.6 Å². The molecule has 0 aromatic heterocycles. The van der Waals surface area contributed by atoms with E-state index in [1.165, 1.54) is 6.07 Å². The number of nitro benzene ring substituents is 1. The fraction of sp³-hybridized carbons (Fsp3) is 0.462. The summed E-state index contributed by atoms with van der Waals surface area (Å²) in [5.41, 5.74) is -0.721. The summed E-state index contributed by atoms with van der Waals surface area (Å²) in [6.07, 6.45) is 2.71. The molecular weight excluding hydrogens is 269 g/mol. The maximum atomic E-state index is 13.4. The van der Waals surface area contributed by atoms with Crippen LogP contribution in [0.3, 0.4) is 0 Å². The van der Waals surface area contributed by atoms with Crippen LogP contribution in [0.25, 0.3) is 0 Å². The van der Waals surface area contributed by atoms with Gasteiger partial charge in [0.15, 0.2) is 0 Å². The van der Waals surface area contributed by atoms with Gasteiger partial charge >= 0.3 is 11.7 Å². The number of carbonyl (C=O) groups excluding carboxylic acids is 1. The molecule has 1 aromatic carbocycles. The molecule has 0 bridgehead atoms. The van der Waals surface area contributed by atoms with Gasteiger partial charge in [-0.2, -0.15) is 4.39 Å². The minimum atomic E-state index is -1.06. The highest BCUT2D eigenvalue weighted by Gasteiger charge is 2.19. The summed E-state index contributed by atoms with van der Waals surface area (Å²) in [6.45, 7) is 0.756. The quantitative estimate of drug-likeness (QED) is 0.482. The number of nitrogens with zero attached hydrogens (tertiary/aromatic N) is 1. The van der Waals surface area contributed by atoms with Gasteiger partial charge in [-0.1, -0.05) is 0 Å². The second-order valence-corrected chi connectivity index (χ2v) is 4.51. The van der Waals surface area contributed by atoms with Gasteiger partial charge in [0.25, 0.3) is 0 Å².